The van der Waals surface area contributed by atoms with E-state index in [0.29, 0.717) is 0 Å². The van der Waals surface area contributed by atoms with Gasteiger partial charge in [0.05, 0.1) is 0 Å². The van der Waals surface area contributed by atoms with Crippen molar-refractivity contribution in [2.45, 2.75) is 26.2 Å². The first-order valence-electron chi connectivity index (χ1n) is 4.52. The van der Waals surface area contributed by atoms with Gasteiger partial charge in [0.25, 0.3) is 0 Å². The van der Waals surface area contributed by atoms with E-state index in [9.17, 15) is 0 Å². The van der Waals surface area contributed by atoms with Gasteiger partial charge in [-0.3, -0.25) is 0 Å². The fourth-order valence-corrected chi connectivity index (χ4v) is 1.52. The molecule has 0 fully saturated rings. The predicted octanol–water partition coefficient (Wildman–Crippen LogP) is 2.91. The van der Waals surface area contributed by atoms with E-state index in [1.54, 1.807) is 0 Å². The maximum Gasteiger partial charge on any atom is 0.212 e. The van der Waals surface area contributed by atoms with Gasteiger partial charge in [-0.1, -0.05) is 31.5 Å². The molecule has 0 saturated carbocycles. The Kier molecular flexibility index (Phi) is 4.81. The first-order chi connectivity index (χ1) is 6.38. The van der Waals surface area contributed by atoms with E-state index in [-0.39, 0.29) is 0 Å². The Balaban J connectivity index is 2.66. The molecule has 72 valence electrons. The minimum atomic E-state index is -0.463. The molecule has 1 unspecified atom stereocenters. The van der Waals surface area contributed by atoms with Gasteiger partial charge >= 0.3 is 0 Å². The zero-order chi connectivity index (χ0) is 9.52. The summed E-state index contributed by atoms with van der Waals surface area (Å²) in [5, 5.41) is 0. The molecule has 0 bridgehead atoms. The number of aryl methyl sites for hydroxylation is 1. The first kappa shape index (κ1) is 10.5. The molecule has 3 heteroatoms. The third-order valence-corrected chi connectivity index (χ3v) is 2.24. The van der Waals surface area contributed by atoms with Gasteiger partial charge in [0.1, 0.15) is 5.75 Å². The molecule has 1 atom stereocenters. The van der Waals surface area contributed by atoms with Crippen LogP contribution < -0.4 is 4.52 Å². The molecule has 0 aliphatic heterocycles. The SMILES string of the molecule is CCCCc1ccccc1OPO. The van der Waals surface area contributed by atoms with Crippen molar-refractivity contribution in [2.24, 2.45) is 0 Å². The Hall–Kier alpha value is -0.590. The van der Waals surface area contributed by atoms with Crippen LogP contribution in [-0.4, -0.2) is 4.89 Å². The van der Waals surface area contributed by atoms with Crippen LogP contribution in [0, 0.1) is 0 Å². The van der Waals surface area contributed by atoms with Crippen molar-refractivity contribution in [1.29, 1.82) is 0 Å². The molecule has 13 heavy (non-hydrogen) atoms. The Morgan fingerprint density at radius 3 is 2.85 bits per heavy atom. The van der Waals surface area contributed by atoms with E-state index in [1.807, 2.05) is 24.3 Å². The molecule has 0 saturated heterocycles. The number of benzene rings is 1. The van der Waals surface area contributed by atoms with E-state index in [0.717, 1.165) is 18.6 Å². The van der Waals surface area contributed by atoms with Crippen LogP contribution >= 0.6 is 9.03 Å². The maximum absolute atomic E-state index is 8.68. The third-order valence-electron chi connectivity index (χ3n) is 1.93. The zero-order valence-electron chi connectivity index (χ0n) is 7.79. The van der Waals surface area contributed by atoms with Crippen molar-refractivity contribution in [3.63, 3.8) is 0 Å². The summed E-state index contributed by atoms with van der Waals surface area (Å²) in [6.45, 7) is 2.16. The molecule has 2 nitrogen and oxygen atoms in total. The molecule has 0 aliphatic carbocycles. The molecule has 0 aromatic heterocycles. The average molecular weight is 198 g/mol. The Morgan fingerprint density at radius 1 is 1.38 bits per heavy atom. The van der Waals surface area contributed by atoms with Gasteiger partial charge in [0.15, 0.2) is 0 Å². The fourth-order valence-electron chi connectivity index (χ4n) is 1.23. The molecular weight excluding hydrogens is 183 g/mol. The van der Waals surface area contributed by atoms with Gasteiger partial charge in [0.2, 0.25) is 9.03 Å². The average Bonchev–Trinajstić information content (AvgIpc) is 2.17. The molecular formula is C10H15O2P. The smallest absolute Gasteiger partial charge is 0.212 e. The van der Waals surface area contributed by atoms with Crippen LogP contribution in [0.15, 0.2) is 24.3 Å². The summed E-state index contributed by atoms with van der Waals surface area (Å²) >= 11 is 0. The van der Waals surface area contributed by atoms with E-state index >= 15 is 0 Å². The first-order valence-corrected chi connectivity index (χ1v) is 5.38. The van der Waals surface area contributed by atoms with Gasteiger partial charge in [-0.05, 0) is 24.5 Å². The van der Waals surface area contributed by atoms with Gasteiger partial charge in [-0.15, -0.1) is 0 Å². The highest BCUT2D eigenvalue weighted by atomic mass is 31.1. The highest BCUT2D eigenvalue weighted by Crippen LogP contribution is 2.24. The second-order valence-corrected chi connectivity index (χ2v) is 3.29. The summed E-state index contributed by atoms with van der Waals surface area (Å²) in [5.41, 5.74) is 1.19. The molecule has 1 aromatic carbocycles. The topological polar surface area (TPSA) is 29.5 Å². The van der Waals surface area contributed by atoms with Crippen LogP contribution in [0.1, 0.15) is 25.3 Å². The quantitative estimate of drug-likeness (QED) is 0.737. The molecule has 1 rings (SSSR count). The van der Waals surface area contributed by atoms with Crippen LogP contribution in [0.4, 0.5) is 0 Å². The fraction of sp³-hybridized carbons (Fsp3) is 0.400. The van der Waals surface area contributed by atoms with Crippen molar-refractivity contribution in [3.05, 3.63) is 29.8 Å². The largest absolute Gasteiger partial charge is 0.450 e. The number of unbranched alkanes of at least 4 members (excludes halogenated alkanes) is 1. The van der Waals surface area contributed by atoms with Crippen LogP contribution in [0.2, 0.25) is 0 Å². The van der Waals surface area contributed by atoms with Crippen LogP contribution in [0.25, 0.3) is 0 Å². The summed E-state index contributed by atoms with van der Waals surface area (Å²) in [5.74, 6) is 0.816. The summed E-state index contributed by atoms with van der Waals surface area (Å²) < 4.78 is 5.12. The summed E-state index contributed by atoms with van der Waals surface area (Å²) in [6, 6.07) is 7.86. The van der Waals surface area contributed by atoms with Crippen molar-refractivity contribution >= 4 is 9.03 Å². The highest BCUT2D eigenvalue weighted by molar-refractivity contribution is 7.25. The van der Waals surface area contributed by atoms with Gasteiger partial charge in [-0.2, -0.15) is 0 Å². The van der Waals surface area contributed by atoms with Crippen molar-refractivity contribution in [2.75, 3.05) is 0 Å². The number of hydrogen-bond acceptors (Lipinski definition) is 2. The lowest BCUT2D eigenvalue weighted by atomic mass is 10.1. The molecule has 0 heterocycles. The van der Waals surface area contributed by atoms with Crippen LogP contribution in [-0.2, 0) is 6.42 Å². The second-order valence-electron chi connectivity index (χ2n) is 2.90. The lowest BCUT2D eigenvalue weighted by Crippen LogP contribution is -1.89. The summed E-state index contributed by atoms with van der Waals surface area (Å²) in [6.07, 6.45) is 3.36. The van der Waals surface area contributed by atoms with Crippen molar-refractivity contribution in [1.82, 2.24) is 0 Å². The van der Waals surface area contributed by atoms with Crippen molar-refractivity contribution < 1.29 is 9.42 Å². The Morgan fingerprint density at radius 2 is 2.15 bits per heavy atom. The predicted molar refractivity (Wildman–Crippen MR) is 56.2 cm³/mol. The molecule has 1 N–H and O–H groups in total. The molecule has 0 aliphatic rings. The lowest BCUT2D eigenvalue weighted by Gasteiger charge is -2.07. The molecule has 1 aromatic rings. The molecule has 0 spiro atoms. The number of para-hydroxylation sites is 1. The van der Waals surface area contributed by atoms with E-state index in [2.05, 4.69) is 6.92 Å². The summed E-state index contributed by atoms with van der Waals surface area (Å²) in [7, 11) is -0.463. The lowest BCUT2D eigenvalue weighted by molar-refractivity contribution is 0.509. The molecule has 0 radical (unpaired) electrons. The van der Waals surface area contributed by atoms with Crippen LogP contribution in [0.3, 0.4) is 0 Å². The minimum Gasteiger partial charge on any atom is -0.450 e. The van der Waals surface area contributed by atoms with Crippen molar-refractivity contribution in [3.8, 4) is 5.75 Å². The van der Waals surface area contributed by atoms with Gasteiger partial charge in [-0.25, -0.2) is 0 Å². The van der Waals surface area contributed by atoms with Crippen LogP contribution in [0.5, 0.6) is 5.75 Å². The third kappa shape index (κ3) is 3.33. The van der Waals surface area contributed by atoms with Gasteiger partial charge < -0.3 is 9.42 Å². The second kappa shape index (κ2) is 5.95. The zero-order valence-corrected chi connectivity index (χ0v) is 8.79. The van der Waals surface area contributed by atoms with E-state index in [4.69, 9.17) is 9.42 Å². The van der Waals surface area contributed by atoms with Gasteiger partial charge in [0, 0.05) is 0 Å². The Labute approximate surface area is 80.9 Å². The monoisotopic (exact) mass is 198 g/mol. The van der Waals surface area contributed by atoms with E-state index < -0.39 is 9.03 Å². The normalized spacial score (nSPS) is 10.9. The molecule has 0 amide bonds. The standard InChI is InChI=1S/C10H15O2P/c1-2-3-6-9-7-4-5-8-10(9)12-13-11/h4-5,7-8,11,13H,2-3,6H2,1H3. The number of rotatable bonds is 5. The number of hydrogen-bond donors (Lipinski definition) is 1. The summed E-state index contributed by atoms with van der Waals surface area (Å²) in [4.78, 5) is 8.68. The Bertz CT molecular complexity index is 250. The minimum absolute atomic E-state index is 0.463. The maximum atomic E-state index is 8.68. The van der Waals surface area contributed by atoms with E-state index in [1.165, 1.54) is 12.0 Å². The highest BCUT2D eigenvalue weighted by Gasteiger charge is 2.00.